The highest BCUT2D eigenvalue weighted by Crippen LogP contribution is 2.36. The third kappa shape index (κ3) is 5.39. The highest BCUT2D eigenvalue weighted by molar-refractivity contribution is 9.10. The lowest BCUT2D eigenvalue weighted by Gasteiger charge is -2.18. The molecule has 0 saturated carbocycles. The highest BCUT2D eigenvalue weighted by atomic mass is 79.9. The molecule has 0 aliphatic heterocycles. The van der Waals surface area contributed by atoms with Crippen molar-refractivity contribution < 1.29 is 13.5 Å². The first kappa shape index (κ1) is 25.7. The van der Waals surface area contributed by atoms with Crippen LogP contribution in [0.3, 0.4) is 0 Å². The second-order valence-corrected chi connectivity index (χ2v) is 10.4. The van der Waals surface area contributed by atoms with Crippen LogP contribution in [-0.4, -0.2) is 66.3 Å². The first-order valence-electron chi connectivity index (χ1n) is 11.8. The lowest BCUT2D eigenvalue weighted by Crippen LogP contribution is -2.26. The second kappa shape index (κ2) is 10.7. The van der Waals surface area contributed by atoms with Crippen LogP contribution in [0.15, 0.2) is 41.1 Å². The molecule has 35 heavy (non-hydrogen) atoms. The molecule has 4 aromatic rings. The molecule has 0 bridgehead atoms. The zero-order valence-electron chi connectivity index (χ0n) is 21.0. The average molecular weight is 547 g/mol. The van der Waals surface area contributed by atoms with E-state index in [1.807, 2.05) is 25.4 Å². The van der Waals surface area contributed by atoms with Crippen molar-refractivity contribution in [2.75, 3.05) is 47.4 Å². The number of benzene rings is 2. The summed E-state index contributed by atoms with van der Waals surface area (Å²) in [7, 11) is 10.00. The summed E-state index contributed by atoms with van der Waals surface area (Å²) in [5, 5.41) is 1.53. The van der Waals surface area contributed by atoms with Gasteiger partial charge in [0.15, 0.2) is 0 Å². The first-order chi connectivity index (χ1) is 16.7. The Labute approximate surface area is 214 Å². The van der Waals surface area contributed by atoms with Gasteiger partial charge in [-0.25, -0.2) is 8.78 Å². The Balaban J connectivity index is 1.42. The second-order valence-electron chi connectivity index (χ2n) is 9.51. The van der Waals surface area contributed by atoms with E-state index in [0.717, 1.165) is 46.2 Å². The number of halogens is 3. The van der Waals surface area contributed by atoms with Crippen molar-refractivity contribution in [2.45, 2.75) is 12.8 Å². The fourth-order valence-electron chi connectivity index (χ4n) is 4.70. The third-order valence-electron chi connectivity index (χ3n) is 6.54. The molecule has 0 fully saturated rings. The normalized spacial score (nSPS) is 12.1. The van der Waals surface area contributed by atoms with Crippen LogP contribution in [0.1, 0.15) is 11.1 Å². The molecule has 0 amide bonds. The van der Waals surface area contributed by atoms with Crippen molar-refractivity contribution in [3.8, 4) is 5.75 Å². The van der Waals surface area contributed by atoms with Gasteiger partial charge in [-0.2, -0.15) is 0 Å². The van der Waals surface area contributed by atoms with Crippen molar-refractivity contribution in [2.24, 2.45) is 14.1 Å². The molecule has 2 aromatic carbocycles. The summed E-state index contributed by atoms with van der Waals surface area (Å²) < 4.78 is 39.8. The Hall–Kier alpha value is -2.42. The van der Waals surface area contributed by atoms with Gasteiger partial charge in [-0.05, 0) is 85.3 Å². The summed E-state index contributed by atoms with van der Waals surface area (Å²) in [6.45, 7) is 2.94. The maximum absolute atomic E-state index is 14.4. The summed E-state index contributed by atoms with van der Waals surface area (Å²) in [6, 6.07) is 6.45. The van der Waals surface area contributed by atoms with E-state index in [2.05, 4.69) is 57.6 Å². The summed E-state index contributed by atoms with van der Waals surface area (Å²) in [5.41, 5.74) is 3.54. The zero-order valence-corrected chi connectivity index (χ0v) is 22.6. The SMILES string of the molecule is CN(C)CCc1cn(C)c2c(Br)ccc(OCCN(C)CCc3cn(C)c4c(F)ccc(F)c34)c12. The van der Waals surface area contributed by atoms with Crippen LogP contribution < -0.4 is 4.74 Å². The van der Waals surface area contributed by atoms with E-state index in [1.54, 1.807) is 11.6 Å². The number of ether oxygens (including phenoxy) is 1. The van der Waals surface area contributed by atoms with Gasteiger partial charge in [0.2, 0.25) is 0 Å². The van der Waals surface area contributed by atoms with Gasteiger partial charge in [-0.1, -0.05) is 0 Å². The molecule has 2 heterocycles. The Morgan fingerprint density at radius 3 is 2.14 bits per heavy atom. The fourth-order valence-corrected chi connectivity index (χ4v) is 5.31. The molecule has 8 heteroatoms. The van der Waals surface area contributed by atoms with Crippen LogP contribution in [0.25, 0.3) is 21.8 Å². The smallest absolute Gasteiger partial charge is 0.147 e. The quantitative estimate of drug-likeness (QED) is 0.267. The molecule has 2 aromatic heterocycles. The predicted octanol–water partition coefficient (Wildman–Crippen LogP) is 5.37. The third-order valence-corrected chi connectivity index (χ3v) is 7.18. The van der Waals surface area contributed by atoms with Crippen LogP contribution in [0.4, 0.5) is 8.78 Å². The van der Waals surface area contributed by atoms with Crippen LogP contribution in [-0.2, 0) is 26.9 Å². The number of nitrogens with zero attached hydrogens (tertiary/aromatic N) is 4. The monoisotopic (exact) mass is 546 g/mol. The van der Waals surface area contributed by atoms with Gasteiger partial charge in [-0.15, -0.1) is 0 Å². The van der Waals surface area contributed by atoms with Gasteiger partial charge in [0.05, 0.1) is 11.0 Å². The standard InChI is InChI=1S/C27H33BrF2N4O/c1-31(2)12-10-19-17-33(4)26-20(28)6-9-23(25(19)26)35-15-14-32(3)13-11-18-16-34(5)27-22(30)8-7-21(29)24(18)27/h6-9,16-17H,10-15H2,1-5H3. The zero-order chi connectivity index (χ0) is 25.3. The largest absolute Gasteiger partial charge is 0.492 e. The molecular weight excluding hydrogens is 514 g/mol. The van der Waals surface area contributed by atoms with Gasteiger partial charge in [-0.3, -0.25) is 0 Å². The van der Waals surface area contributed by atoms with E-state index in [4.69, 9.17) is 4.74 Å². The number of rotatable bonds is 10. The molecule has 0 atom stereocenters. The predicted molar refractivity (Wildman–Crippen MR) is 142 cm³/mol. The summed E-state index contributed by atoms with van der Waals surface area (Å²) in [6.07, 6.45) is 5.58. The van der Waals surface area contributed by atoms with E-state index < -0.39 is 5.82 Å². The fraction of sp³-hybridized carbons (Fsp3) is 0.407. The van der Waals surface area contributed by atoms with Crippen LogP contribution in [0, 0.1) is 11.6 Å². The van der Waals surface area contributed by atoms with Crippen molar-refractivity contribution in [1.82, 2.24) is 18.9 Å². The van der Waals surface area contributed by atoms with E-state index >= 15 is 0 Å². The molecule has 0 N–H and O–H groups in total. The minimum absolute atomic E-state index is 0.318. The van der Waals surface area contributed by atoms with Crippen molar-refractivity contribution in [1.29, 1.82) is 0 Å². The number of fused-ring (bicyclic) bond motifs is 2. The van der Waals surface area contributed by atoms with Crippen LogP contribution in [0.5, 0.6) is 5.75 Å². The van der Waals surface area contributed by atoms with E-state index in [-0.39, 0.29) is 5.82 Å². The molecule has 188 valence electrons. The van der Waals surface area contributed by atoms with Gasteiger partial charge >= 0.3 is 0 Å². The van der Waals surface area contributed by atoms with E-state index in [1.165, 1.54) is 17.7 Å². The molecule has 0 aliphatic carbocycles. The molecule has 5 nitrogen and oxygen atoms in total. The number of likely N-dealkylation sites (N-methyl/N-ethyl adjacent to an activating group) is 2. The Bertz CT molecular complexity index is 1340. The van der Waals surface area contributed by atoms with Crippen molar-refractivity contribution in [3.05, 3.63) is 63.9 Å². The lowest BCUT2D eigenvalue weighted by atomic mass is 10.1. The molecule has 0 spiro atoms. The molecule has 0 radical (unpaired) electrons. The average Bonchev–Trinajstić information content (AvgIpc) is 3.33. The molecule has 0 aliphatic rings. The molecule has 0 saturated heterocycles. The van der Waals surface area contributed by atoms with Crippen molar-refractivity contribution in [3.63, 3.8) is 0 Å². The lowest BCUT2D eigenvalue weighted by molar-refractivity contribution is 0.240. The van der Waals surface area contributed by atoms with Crippen LogP contribution in [0.2, 0.25) is 0 Å². The minimum atomic E-state index is -0.399. The number of aromatic nitrogens is 2. The molecular formula is C27H33BrF2N4O. The van der Waals surface area contributed by atoms with Gasteiger partial charge < -0.3 is 23.7 Å². The Morgan fingerprint density at radius 2 is 1.43 bits per heavy atom. The van der Waals surface area contributed by atoms with E-state index in [0.29, 0.717) is 30.5 Å². The van der Waals surface area contributed by atoms with Gasteiger partial charge in [0, 0.05) is 61.4 Å². The Kier molecular flexibility index (Phi) is 7.83. The van der Waals surface area contributed by atoms with Crippen molar-refractivity contribution >= 4 is 37.7 Å². The molecule has 4 rings (SSSR count). The maximum Gasteiger partial charge on any atom is 0.147 e. The number of hydrogen-bond donors (Lipinski definition) is 0. The summed E-state index contributed by atoms with van der Waals surface area (Å²) in [5.74, 6) is 0.108. The summed E-state index contributed by atoms with van der Waals surface area (Å²) in [4.78, 5) is 4.34. The minimum Gasteiger partial charge on any atom is -0.492 e. The topological polar surface area (TPSA) is 25.6 Å². The van der Waals surface area contributed by atoms with Crippen LogP contribution >= 0.6 is 15.9 Å². The number of hydrogen-bond acceptors (Lipinski definition) is 3. The van der Waals surface area contributed by atoms with Gasteiger partial charge in [0.25, 0.3) is 0 Å². The number of aryl methyl sites for hydroxylation is 2. The first-order valence-corrected chi connectivity index (χ1v) is 12.6. The summed E-state index contributed by atoms with van der Waals surface area (Å²) >= 11 is 3.69. The maximum atomic E-state index is 14.4. The Morgan fingerprint density at radius 1 is 0.800 bits per heavy atom. The molecule has 0 unspecified atom stereocenters. The highest BCUT2D eigenvalue weighted by Gasteiger charge is 2.17. The van der Waals surface area contributed by atoms with E-state index in [9.17, 15) is 8.78 Å². The van der Waals surface area contributed by atoms with Gasteiger partial charge in [0.1, 0.15) is 24.0 Å².